The molecule has 0 bridgehead atoms. The van der Waals surface area contributed by atoms with Gasteiger partial charge in [0.2, 0.25) is 10.0 Å². The maximum Gasteiger partial charge on any atom is 0.243 e. The standard InChI is InChI=1S/C15H24N2O3S.ClH/c1-3-12-17(13-8-10-16-11-9-13)21(18,19)15-6-4-14(20-2)5-7-15;/h4-7,13,16H,3,8-12H2,1-2H3;1H. The third kappa shape index (κ3) is 4.35. The first kappa shape index (κ1) is 19.2. The summed E-state index contributed by atoms with van der Waals surface area (Å²) in [7, 11) is -1.87. The normalized spacial score (nSPS) is 16.3. The lowest BCUT2D eigenvalue weighted by molar-refractivity contribution is 0.262. The minimum atomic E-state index is -3.44. The van der Waals surface area contributed by atoms with E-state index in [4.69, 9.17) is 4.74 Å². The molecular formula is C15H25ClN2O3S. The summed E-state index contributed by atoms with van der Waals surface area (Å²) >= 11 is 0. The molecule has 0 amide bonds. The first-order valence-electron chi connectivity index (χ1n) is 7.46. The van der Waals surface area contributed by atoms with Crippen molar-refractivity contribution in [2.45, 2.75) is 37.1 Å². The third-order valence-electron chi connectivity index (χ3n) is 3.83. The molecule has 7 heteroatoms. The van der Waals surface area contributed by atoms with Crippen molar-refractivity contribution in [3.63, 3.8) is 0 Å². The van der Waals surface area contributed by atoms with Crippen LogP contribution >= 0.6 is 12.4 Å². The molecule has 126 valence electrons. The van der Waals surface area contributed by atoms with Gasteiger partial charge in [0.15, 0.2) is 0 Å². The van der Waals surface area contributed by atoms with Crippen molar-refractivity contribution >= 4 is 22.4 Å². The highest BCUT2D eigenvalue weighted by Gasteiger charge is 2.31. The predicted molar refractivity (Wildman–Crippen MR) is 90.3 cm³/mol. The molecule has 0 spiro atoms. The van der Waals surface area contributed by atoms with Gasteiger partial charge < -0.3 is 10.1 Å². The van der Waals surface area contributed by atoms with Crippen molar-refractivity contribution in [3.8, 4) is 5.75 Å². The topological polar surface area (TPSA) is 58.6 Å². The van der Waals surface area contributed by atoms with E-state index in [1.807, 2.05) is 6.92 Å². The fourth-order valence-corrected chi connectivity index (χ4v) is 4.47. The van der Waals surface area contributed by atoms with Crippen LogP contribution in [0.2, 0.25) is 0 Å². The highest BCUT2D eigenvalue weighted by atomic mass is 35.5. The molecular weight excluding hydrogens is 324 g/mol. The van der Waals surface area contributed by atoms with Crippen LogP contribution in [-0.4, -0.2) is 45.5 Å². The van der Waals surface area contributed by atoms with E-state index < -0.39 is 10.0 Å². The first-order valence-corrected chi connectivity index (χ1v) is 8.90. The molecule has 1 saturated heterocycles. The second-order valence-electron chi connectivity index (χ2n) is 5.27. The molecule has 0 saturated carbocycles. The van der Waals surface area contributed by atoms with Gasteiger partial charge in [-0.25, -0.2) is 8.42 Å². The van der Waals surface area contributed by atoms with Crippen LogP contribution in [0.15, 0.2) is 29.2 Å². The van der Waals surface area contributed by atoms with Gasteiger partial charge in [-0.05, 0) is 56.6 Å². The van der Waals surface area contributed by atoms with Crippen LogP contribution in [-0.2, 0) is 10.0 Å². The predicted octanol–water partition coefficient (Wildman–Crippen LogP) is 2.27. The summed E-state index contributed by atoms with van der Waals surface area (Å²) in [5, 5.41) is 3.28. The molecule has 0 aliphatic carbocycles. The Morgan fingerprint density at radius 1 is 1.23 bits per heavy atom. The number of nitrogens with zero attached hydrogens (tertiary/aromatic N) is 1. The molecule has 1 fully saturated rings. The molecule has 1 aliphatic rings. The number of methoxy groups -OCH3 is 1. The Labute approximate surface area is 139 Å². The highest BCUT2D eigenvalue weighted by Crippen LogP contribution is 2.24. The maximum atomic E-state index is 12.9. The maximum absolute atomic E-state index is 12.9. The zero-order valence-corrected chi connectivity index (χ0v) is 14.8. The van der Waals surface area contributed by atoms with Gasteiger partial charge in [-0.15, -0.1) is 12.4 Å². The summed E-state index contributed by atoms with van der Waals surface area (Å²) in [5.74, 6) is 0.665. The van der Waals surface area contributed by atoms with Gasteiger partial charge in [0.25, 0.3) is 0 Å². The zero-order valence-electron chi connectivity index (χ0n) is 13.1. The van der Waals surface area contributed by atoms with E-state index in [2.05, 4.69) is 5.32 Å². The number of ether oxygens (including phenoxy) is 1. The van der Waals surface area contributed by atoms with E-state index >= 15 is 0 Å². The van der Waals surface area contributed by atoms with Gasteiger partial charge in [0.1, 0.15) is 5.75 Å². The Bertz CT molecular complexity index is 542. The van der Waals surface area contributed by atoms with Crippen molar-refractivity contribution in [2.75, 3.05) is 26.7 Å². The fraction of sp³-hybridized carbons (Fsp3) is 0.600. The van der Waals surface area contributed by atoms with Crippen LogP contribution in [0.4, 0.5) is 0 Å². The van der Waals surface area contributed by atoms with Gasteiger partial charge in [-0.2, -0.15) is 4.31 Å². The van der Waals surface area contributed by atoms with E-state index in [0.717, 1.165) is 32.4 Å². The summed E-state index contributed by atoms with van der Waals surface area (Å²) in [6.07, 6.45) is 2.56. The lowest BCUT2D eigenvalue weighted by Crippen LogP contribution is -2.46. The van der Waals surface area contributed by atoms with Crippen molar-refractivity contribution in [1.82, 2.24) is 9.62 Å². The van der Waals surface area contributed by atoms with Crippen LogP contribution in [0.5, 0.6) is 5.75 Å². The number of halogens is 1. The number of benzene rings is 1. The smallest absolute Gasteiger partial charge is 0.243 e. The van der Waals surface area contributed by atoms with Crippen molar-refractivity contribution < 1.29 is 13.2 Å². The minimum Gasteiger partial charge on any atom is -0.497 e. The molecule has 1 heterocycles. The molecule has 1 aromatic rings. The highest BCUT2D eigenvalue weighted by molar-refractivity contribution is 7.89. The summed E-state index contributed by atoms with van der Waals surface area (Å²) in [4.78, 5) is 0.343. The van der Waals surface area contributed by atoms with Crippen LogP contribution in [0.3, 0.4) is 0 Å². The number of hydrogen-bond donors (Lipinski definition) is 1. The van der Waals surface area contributed by atoms with E-state index in [0.29, 0.717) is 17.2 Å². The Hall–Kier alpha value is -0.820. The van der Waals surface area contributed by atoms with Crippen molar-refractivity contribution in [1.29, 1.82) is 0 Å². The second-order valence-corrected chi connectivity index (χ2v) is 7.16. The largest absolute Gasteiger partial charge is 0.497 e. The first-order chi connectivity index (χ1) is 10.1. The summed E-state index contributed by atoms with van der Waals surface area (Å²) < 4.78 is 32.5. The SMILES string of the molecule is CCCN(C1CCNCC1)S(=O)(=O)c1ccc(OC)cc1.Cl. The zero-order chi connectivity index (χ0) is 15.3. The van der Waals surface area contributed by atoms with Gasteiger partial charge in [0, 0.05) is 12.6 Å². The lowest BCUT2D eigenvalue weighted by atomic mass is 10.1. The molecule has 0 atom stereocenters. The lowest BCUT2D eigenvalue weighted by Gasteiger charge is -2.33. The summed E-state index contributed by atoms with van der Waals surface area (Å²) in [6.45, 7) is 4.34. The van der Waals surface area contributed by atoms with E-state index in [9.17, 15) is 8.42 Å². The molecule has 0 radical (unpaired) electrons. The number of sulfonamides is 1. The molecule has 22 heavy (non-hydrogen) atoms. The molecule has 1 aromatic carbocycles. The van der Waals surface area contributed by atoms with Gasteiger partial charge in [-0.1, -0.05) is 6.92 Å². The van der Waals surface area contributed by atoms with Gasteiger partial charge in [-0.3, -0.25) is 0 Å². The molecule has 0 aromatic heterocycles. The van der Waals surface area contributed by atoms with Crippen LogP contribution < -0.4 is 10.1 Å². The van der Waals surface area contributed by atoms with Crippen LogP contribution in [0.1, 0.15) is 26.2 Å². The fourth-order valence-electron chi connectivity index (χ4n) is 2.70. The number of piperidine rings is 1. The Balaban J connectivity index is 0.00000242. The van der Waals surface area contributed by atoms with Crippen molar-refractivity contribution in [2.24, 2.45) is 0 Å². The summed E-state index contributed by atoms with van der Waals surface area (Å²) in [6, 6.07) is 6.73. The van der Waals surface area contributed by atoms with Crippen LogP contribution in [0, 0.1) is 0 Å². The molecule has 5 nitrogen and oxygen atoms in total. The number of rotatable bonds is 6. The Kier molecular flexibility index (Phi) is 7.62. The Morgan fingerprint density at radius 3 is 2.32 bits per heavy atom. The minimum absolute atomic E-state index is 0. The molecule has 1 aliphatic heterocycles. The number of hydrogen-bond acceptors (Lipinski definition) is 4. The molecule has 2 rings (SSSR count). The quantitative estimate of drug-likeness (QED) is 0.856. The monoisotopic (exact) mass is 348 g/mol. The average Bonchev–Trinajstić information content (AvgIpc) is 2.53. The second kappa shape index (κ2) is 8.72. The van der Waals surface area contributed by atoms with Crippen molar-refractivity contribution in [3.05, 3.63) is 24.3 Å². The van der Waals surface area contributed by atoms with E-state index in [1.165, 1.54) is 0 Å². The van der Waals surface area contributed by atoms with E-state index in [1.54, 1.807) is 35.7 Å². The third-order valence-corrected chi connectivity index (χ3v) is 5.79. The summed E-state index contributed by atoms with van der Waals surface area (Å²) in [5.41, 5.74) is 0. The molecule has 0 unspecified atom stereocenters. The average molecular weight is 349 g/mol. The Morgan fingerprint density at radius 2 is 1.82 bits per heavy atom. The number of nitrogens with one attached hydrogen (secondary N) is 1. The van der Waals surface area contributed by atoms with Gasteiger partial charge in [0.05, 0.1) is 12.0 Å². The van der Waals surface area contributed by atoms with Gasteiger partial charge >= 0.3 is 0 Å². The van der Waals surface area contributed by atoms with E-state index in [-0.39, 0.29) is 18.4 Å². The molecule has 1 N–H and O–H groups in total. The van der Waals surface area contributed by atoms with Crippen LogP contribution in [0.25, 0.3) is 0 Å².